The maximum atomic E-state index is 12.2. The van der Waals surface area contributed by atoms with Crippen LogP contribution in [0.25, 0.3) is 0 Å². The number of dihydropyridines is 1. The average molecular weight is 150 g/mol. The summed E-state index contributed by atoms with van der Waals surface area (Å²) in [6.07, 6.45) is 0.254. The molecule has 1 unspecified atom stereocenters. The lowest BCUT2D eigenvalue weighted by atomic mass is 10.2. The summed E-state index contributed by atoms with van der Waals surface area (Å²) < 4.78 is 35.5. The van der Waals surface area contributed by atoms with Gasteiger partial charge in [0.25, 0.3) is 0 Å². The Balaban J connectivity index is 2.61. The monoisotopic (exact) mass is 150 g/mol. The predicted octanol–water partition coefficient (Wildman–Crippen LogP) is 1.71. The molecule has 0 aromatic heterocycles. The minimum atomic E-state index is -1.52. The SMILES string of the molecule is FC1CC(N(F)F)=CC=N1. The molecule has 1 aliphatic rings. The molecule has 5 heteroatoms. The number of nitrogens with zero attached hydrogens (tertiary/aromatic N) is 2. The van der Waals surface area contributed by atoms with Gasteiger partial charge in [-0.2, -0.15) is 0 Å². The maximum absolute atomic E-state index is 12.2. The van der Waals surface area contributed by atoms with Gasteiger partial charge >= 0.3 is 0 Å². The zero-order valence-electron chi connectivity index (χ0n) is 4.97. The lowest BCUT2D eigenvalue weighted by Crippen LogP contribution is -2.11. The highest BCUT2D eigenvalue weighted by molar-refractivity contribution is 5.73. The molecule has 0 radical (unpaired) electrons. The van der Waals surface area contributed by atoms with Crippen LogP contribution in [0.5, 0.6) is 0 Å². The first-order valence-corrected chi connectivity index (χ1v) is 2.68. The van der Waals surface area contributed by atoms with Gasteiger partial charge < -0.3 is 0 Å². The largest absolute Gasteiger partial charge is 0.256 e. The van der Waals surface area contributed by atoms with E-state index in [1.165, 1.54) is 0 Å². The molecule has 0 fully saturated rings. The van der Waals surface area contributed by atoms with Crippen molar-refractivity contribution in [3.8, 4) is 0 Å². The zero-order valence-corrected chi connectivity index (χ0v) is 4.97. The van der Waals surface area contributed by atoms with E-state index in [4.69, 9.17) is 0 Å². The fraction of sp³-hybridized carbons (Fsp3) is 0.400. The van der Waals surface area contributed by atoms with Gasteiger partial charge in [0, 0.05) is 12.6 Å². The van der Waals surface area contributed by atoms with Crippen molar-refractivity contribution in [2.45, 2.75) is 12.7 Å². The van der Waals surface area contributed by atoms with Gasteiger partial charge in [0.2, 0.25) is 0 Å². The first-order chi connectivity index (χ1) is 4.70. The minimum absolute atomic E-state index is 0.344. The molecule has 1 aliphatic heterocycles. The number of hydrogen-bond acceptors (Lipinski definition) is 2. The predicted molar refractivity (Wildman–Crippen MR) is 30.1 cm³/mol. The topological polar surface area (TPSA) is 15.6 Å². The molecular weight excluding hydrogens is 145 g/mol. The number of alkyl halides is 1. The van der Waals surface area contributed by atoms with Crippen LogP contribution in [0.2, 0.25) is 0 Å². The van der Waals surface area contributed by atoms with E-state index in [0.29, 0.717) is 0 Å². The summed E-state index contributed by atoms with van der Waals surface area (Å²) in [5.74, 6) is 0. The van der Waals surface area contributed by atoms with E-state index in [0.717, 1.165) is 12.3 Å². The second-order valence-electron chi connectivity index (χ2n) is 1.83. The van der Waals surface area contributed by atoms with Gasteiger partial charge in [-0.3, -0.25) is 4.99 Å². The van der Waals surface area contributed by atoms with Crippen LogP contribution in [0.3, 0.4) is 0 Å². The Labute approximate surface area is 55.5 Å². The van der Waals surface area contributed by atoms with Gasteiger partial charge in [0.1, 0.15) is 0 Å². The summed E-state index contributed by atoms with van der Waals surface area (Å²) in [6, 6.07) is 0. The maximum Gasteiger partial charge on any atom is 0.195 e. The Morgan fingerprint density at radius 2 is 2.30 bits per heavy atom. The van der Waals surface area contributed by atoms with Crippen LogP contribution in [-0.4, -0.2) is 17.9 Å². The smallest absolute Gasteiger partial charge is 0.195 e. The number of allylic oxidation sites excluding steroid dienone is 1. The molecule has 1 heterocycles. The molecule has 56 valence electrons. The van der Waals surface area contributed by atoms with Crippen LogP contribution >= 0.6 is 0 Å². The molecular formula is C5H5F3N2. The molecule has 0 aromatic rings. The van der Waals surface area contributed by atoms with Crippen LogP contribution in [0, 0.1) is 0 Å². The average Bonchev–Trinajstić information content (AvgIpc) is 1.88. The van der Waals surface area contributed by atoms with E-state index >= 15 is 0 Å². The van der Waals surface area contributed by atoms with E-state index in [1.807, 2.05) is 0 Å². The van der Waals surface area contributed by atoms with Crippen molar-refractivity contribution in [3.63, 3.8) is 0 Å². The number of hydrogen-bond donors (Lipinski definition) is 0. The van der Waals surface area contributed by atoms with Gasteiger partial charge in [-0.1, -0.05) is 8.96 Å². The lowest BCUT2D eigenvalue weighted by molar-refractivity contribution is -0.121. The quantitative estimate of drug-likeness (QED) is 0.410. The van der Waals surface area contributed by atoms with Gasteiger partial charge in [-0.25, -0.2) is 4.39 Å². The summed E-state index contributed by atoms with van der Waals surface area (Å²) in [5, 5.41) is -1.10. The minimum Gasteiger partial charge on any atom is -0.256 e. The van der Waals surface area contributed by atoms with Gasteiger partial charge in [-0.05, 0) is 11.4 Å². The molecule has 0 aromatic carbocycles. The van der Waals surface area contributed by atoms with Crippen LogP contribution in [0.4, 0.5) is 13.4 Å². The fourth-order valence-electron chi connectivity index (χ4n) is 0.641. The molecule has 0 N–H and O–H groups in total. The van der Waals surface area contributed by atoms with Crippen LogP contribution in [-0.2, 0) is 0 Å². The summed E-state index contributed by atoms with van der Waals surface area (Å²) in [5.41, 5.74) is -0.345. The molecule has 0 saturated heterocycles. The summed E-state index contributed by atoms with van der Waals surface area (Å²) >= 11 is 0. The molecule has 0 amide bonds. The van der Waals surface area contributed by atoms with Crippen LogP contribution < -0.4 is 0 Å². The molecule has 0 saturated carbocycles. The standard InChI is InChI=1S/C5H5F3N2/c6-5-3-4(10(7)8)1-2-9-5/h1-2,5H,3H2. The lowest BCUT2D eigenvalue weighted by Gasteiger charge is -2.10. The number of rotatable bonds is 1. The highest BCUT2D eigenvalue weighted by Gasteiger charge is 2.15. The van der Waals surface area contributed by atoms with E-state index < -0.39 is 11.6 Å². The van der Waals surface area contributed by atoms with Crippen molar-refractivity contribution in [1.82, 2.24) is 5.34 Å². The molecule has 0 aliphatic carbocycles. The highest BCUT2D eigenvalue weighted by Crippen LogP contribution is 2.17. The molecule has 1 atom stereocenters. The van der Waals surface area contributed by atoms with Gasteiger partial charge in [-0.15, -0.1) is 0 Å². The van der Waals surface area contributed by atoms with Crippen LogP contribution in [0.1, 0.15) is 6.42 Å². The zero-order chi connectivity index (χ0) is 7.56. The molecule has 0 bridgehead atoms. The van der Waals surface area contributed by atoms with Gasteiger partial charge in [0.15, 0.2) is 6.30 Å². The van der Waals surface area contributed by atoms with E-state index in [9.17, 15) is 13.4 Å². The van der Waals surface area contributed by atoms with Crippen molar-refractivity contribution < 1.29 is 13.4 Å². The van der Waals surface area contributed by atoms with E-state index in [2.05, 4.69) is 4.99 Å². The van der Waals surface area contributed by atoms with Crippen molar-refractivity contribution in [1.29, 1.82) is 0 Å². The Bertz CT molecular complexity index is 176. The summed E-state index contributed by atoms with van der Waals surface area (Å²) in [7, 11) is 0. The third-order valence-corrected chi connectivity index (χ3v) is 1.11. The normalized spacial score (nSPS) is 24.3. The second-order valence-corrected chi connectivity index (χ2v) is 1.83. The fourth-order valence-corrected chi connectivity index (χ4v) is 0.641. The highest BCUT2D eigenvalue weighted by atomic mass is 19.4. The van der Waals surface area contributed by atoms with Crippen molar-refractivity contribution in [3.05, 3.63) is 11.8 Å². The second kappa shape index (κ2) is 2.72. The molecule has 0 spiro atoms. The first kappa shape index (κ1) is 7.11. The van der Waals surface area contributed by atoms with Gasteiger partial charge in [0.05, 0.1) is 5.70 Å². The number of aliphatic imine (C=N–C) groups is 1. The number of halogens is 3. The Hall–Kier alpha value is -1.00. The Morgan fingerprint density at radius 3 is 2.70 bits per heavy atom. The van der Waals surface area contributed by atoms with E-state index in [1.54, 1.807) is 0 Å². The van der Waals surface area contributed by atoms with E-state index in [-0.39, 0.29) is 12.1 Å². The summed E-state index contributed by atoms with van der Waals surface area (Å²) in [6.45, 7) is 0. The Morgan fingerprint density at radius 1 is 1.60 bits per heavy atom. The van der Waals surface area contributed by atoms with Crippen molar-refractivity contribution >= 4 is 6.21 Å². The third kappa shape index (κ3) is 1.49. The molecule has 10 heavy (non-hydrogen) atoms. The van der Waals surface area contributed by atoms with Crippen molar-refractivity contribution in [2.24, 2.45) is 4.99 Å². The Kier molecular flexibility index (Phi) is 1.94. The summed E-state index contributed by atoms with van der Waals surface area (Å²) in [4.78, 5) is 3.23. The van der Waals surface area contributed by atoms with Crippen LogP contribution in [0.15, 0.2) is 16.8 Å². The molecule has 2 nitrogen and oxygen atoms in total. The molecule has 1 rings (SSSR count). The third-order valence-electron chi connectivity index (χ3n) is 1.11. The first-order valence-electron chi connectivity index (χ1n) is 2.68. The van der Waals surface area contributed by atoms with Crippen molar-refractivity contribution in [2.75, 3.05) is 0 Å².